The molecule has 0 heterocycles. The van der Waals surface area contributed by atoms with Crippen LogP contribution in [0.2, 0.25) is 0 Å². The van der Waals surface area contributed by atoms with Gasteiger partial charge in [-0.3, -0.25) is 0 Å². The highest BCUT2D eigenvalue weighted by Crippen LogP contribution is 2.73. The monoisotopic (exact) mass is 627 g/mol. The van der Waals surface area contributed by atoms with Crippen molar-refractivity contribution in [2.45, 2.75) is 176 Å². The number of rotatable bonds is 4. The molecule has 0 amide bonds. The molecular weight excluding hydrogens is 553 g/mol. The van der Waals surface area contributed by atoms with E-state index < -0.39 is 0 Å². The predicted octanol–water partition coefficient (Wildman–Crippen LogP) is 13.3. The lowest BCUT2D eigenvalue weighted by Gasteiger charge is -2.66. The summed E-state index contributed by atoms with van der Waals surface area (Å²) in [4.78, 5) is 0. The van der Waals surface area contributed by atoms with Crippen molar-refractivity contribution in [3.63, 3.8) is 0 Å². The Kier molecular flexibility index (Phi) is 7.66. The molecule has 0 radical (unpaired) electrons. The minimum atomic E-state index is 0.590. The Labute approximate surface area is 285 Å². The van der Waals surface area contributed by atoms with Crippen LogP contribution in [0, 0.1) is 98.6 Å². The van der Waals surface area contributed by atoms with Crippen LogP contribution in [0.25, 0.3) is 0 Å². The van der Waals surface area contributed by atoms with E-state index in [1.807, 2.05) is 0 Å². The van der Waals surface area contributed by atoms with Crippen LogP contribution in [-0.4, -0.2) is 0 Å². The zero-order valence-electron chi connectivity index (χ0n) is 31.4. The fourth-order valence-corrected chi connectivity index (χ4v) is 18.7. The number of fused-ring (bicyclic) bond motifs is 10. The fourth-order valence-electron chi connectivity index (χ4n) is 18.7. The Morgan fingerprint density at radius 1 is 0.522 bits per heavy atom. The number of hydrogen-bond donors (Lipinski definition) is 0. The maximum atomic E-state index is 2.94. The molecule has 0 aromatic carbocycles. The predicted molar refractivity (Wildman–Crippen MR) is 194 cm³/mol. The lowest BCUT2D eigenvalue weighted by Crippen LogP contribution is -2.59. The summed E-state index contributed by atoms with van der Waals surface area (Å²) >= 11 is 0. The molecule has 3 unspecified atom stereocenters. The van der Waals surface area contributed by atoms with E-state index in [-0.39, 0.29) is 0 Å². The quantitative estimate of drug-likeness (QED) is 0.272. The van der Waals surface area contributed by atoms with Gasteiger partial charge in [0.05, 0.1) is 0 Å². The SMILES string of the molecule is CC[C@H]1CC[C@H]2[C@@H]3CC[C@@H]4CCCC(C5=CCC5C5CCC[C@H]6CC[C@H]7[C@@H]8CC[C@H](CC)[C@@]8(C)CC[C@@H]7[C@@]56C)[C@]4(C)[C@H]3CC[C@]12C. The van der Waals surface area contributed by atoms with Crippen molar-refractivity contribution in [3.05, 3.63) is 11.6 Å². The molecule has 46 heavy (non-hydrogen) atoms. The zero-order valence-corrected chi connectivity index (χ0v) is 31.4. The molecule has 9 aliphatic rings. The van der Waals surface area contributed by atoms with Crippen LogP contribution >= 0.6 is 0 Å². The van der Waals surface area contributed by atoms with Gasteiger partial charge in [-0.15, -0.1) is 0 Å². The molecule has 0 aromatic heterocycles. The molecule has 17 atom stereocenters. The van der Waals surface area contributed by atoms with Gasteiger partial charge in [0, 0.05) is 0 Å². The molecule has 0 heteroatoms. The summed E-state index contributed by atoms with van der Waals surface area (Å²) in [7, 11) is 0. The summed E-state index contributed by atoms with van der Waals surface area (Å²) in [6, 6.07) is 0. The summed E-state index contributed by atoms with van der Waals surface area (Å²) in [6.45, 7) is 16.4. The van der Waals surface area contributed by atoms with Crippen LogP contribution in [-0.2, 0) is 0 Å². The first kappa shape index (κ1) is 31.7. The Morgan fingerprint density at radius 2 is 1.07 bits per heavy atom. The molecule has 9 aliphatic carbocycles. The lowest BCUT2D eigenvalue weighted by atomic mass is 9.38. The van der Waals surface area contributed by atoms with E-state index >= 15 is 0 Å². The normalized spacial score (nSPS) is 59.2. The molecule has 8 fully saturated rings. The van der Waals surface area contributed by atoms with E-state index in [2.05, 4.69) is 53.2 Å². The highest BCUT2D eigenvalue weighted by atomic mass is 14.7. The van der Waals surface area contributed by atoms with Gasteiger partial charge < -0.3 is 0 Å². The summed E-state index contributed by atoms with van der Waals surface area (Å²) in [5.74, 6) is 13.2. The largest absolute Gasteiger partial charge is 0.0841 e. The molecule has 0 nitrogen and oxygen atoms in total. The van der Waals surface area contributed by atoms with Gasteiger partial charge >= 0.3 is 0 Å². The van der Waals surface area contributed by atoms with Gasteiger partial charge in [0.1, 0.15) is 0 Å². The Balaban J connectivity index is 1.01. The van der Waals surface area contributed by atoms with Gasteiger partial charge in [0.2, 0.25) is 0 Å². The third kappa shape index (κ3) is 4.03. The summed E-state index contributed by atoms with van der Waals surface area (Å²) < 4.78 is 0. The van der Waals surface area contributed by atoms with Crippen LogP contribution in [0.5, 0.6) is 0 Å². The topological polar surface area (TPSA) is 0 Å². The third-order valence-corrected chi connectivity index (χ3v) is 20.9. The van der Waals surface area contributed by atoms with Crippen LogP contribution in [0.4, 0.5) is 0 Å². The molecule has 0 aromatic rings. The average Bonchev–Trinajstić information content (AvgIpc) is 3.57. The summed E-state index contributed by atoms with van der Waals surface area (Å²) in [5, 5.41) is 0. The second-order valence-electron chi connectivity index (χ2n) is 21.1. The molecule has 0 aliphatic heterocycles. The molecule has 0 bridgehead atoms. The van der Waals surface area contributed by atoms with Crippen LogP contribution in [0.1, 0.15) is 176 Å². The van der Waals surface area contributed by atoms with Crippen molar-refractivity contribution in [1.29, 1.82) is 0 Å². The fraction of sp³-hybridized carbons (Fsp3) is 0.957. The Hall–Kier alpha value is -0.260. The first-order valence-corrected chi connectivity index (χ1v) is 21.9. The number of allylic oxidation sites excluding steroid dienone is 2. The van der Waals surface area contributed by atoms with E-state index in [0.29, 0.717) is 21.7 Å². The third-order valence-electron chi connectivity index (χ3n) is 20.9. The van der Waals surface area contributed by atoms with Crippen molar-refractivity contribution in [2.24, 2.45) is 98.6 Å². The maximum Gasteiger partial charge on any atom is -0.0132 e. The van der Waals surface area contributed by atoms with E-state index in [4.69, 9.17) is 0 Å². The van der Waals surface area contributed by atoms with Crippen LogP contribution in [0.3, 0.4) is 0 Å². The second kappa shape index (κ2) is 11.1. The molecule has 8 saturated carbocycles. The van der Waals surface area contributed by atoms with Gasteiger partial charge in [0.15, 0.2) is 0 Å². The highest BCUT2D eigenvalue weighted by molar-refractivity contribution is 5.29. The Morgan fingerprint density at radius 3 is 1.61 bits per heavy atom. The maximum absolute atomic E-state index is 2.94. The van der Waals surface area contributed by atoms with Gasteiger partial charge in [-0.1, -0.05) is 78.9 Å². The smallest absolute Gasteiger partial charge is 0.0132 e. The first-order valence-electron chi connectivity index (χ1n) is 21.9. The molecule has 9 rings (SSSR count). The number of hydrogen-bond acceptors (Lipinski definition) is 0. The van der Waals surface area contributed by atoms with Gasteiger partial charge in [-0.05, 0) is 208 Å². The van der Waals surface area contributed by atoms with Gasteiger partial charge in [-0.25, -0.2) is 0 Å². The summed E-state index contributed by atoms with van der Waals surface area (Å²) in [6.07, 6.45) is 35.3. The standard InChI is InChI=1S/C46H74/c1-7-29-17-23-37-35-19-15-31-11-9-13-39(45(31,5)41(35)25-27-43(29,37)3)33-21-22-34(33)40-14-10-12-32-16-20-36-38-24-18-30(8-2)44(38,4)28-26-42(36)46(32,40)6/h21,29-32,34-42H,7-20,22-28H2,1-6H3/t29-,30-,31-,32-,34?,35-,36-,37-,38-,39?,40?,41-,42-,43+,44+,45+,46+/m0/s1. The van der Waals surface area contributed by atoms with E-state index in [1.54, 1.807) is 103 Å². The molecule has 258 valence electrons. The van der Waals surface area contributed by atoms with Crippen molar-refractivity contribution >= 4 is 0 Å². The van der Waals surface area contributed by atoms with Crippen molar-refractivity contribution in [1.82, 2.24) is 0 Å². The van der Waals surface area contributed by atoms with Crippen molar-refractivity contribution < 1.29 is 0 Å². The molecule has 0 saturated heterocycles. The minimum absolute atomic E-state index is 0.590. The van der Waals surface area contributed by atoms with Gasteiger partial charge in [0.25, 0.3) is 0 Å². The molecule has 0 N–H and O–H groups in total. The summed E-state index contributed by atoms with van der Waals surface area (Å²) in [5.41, 5.74) is 4.61. The van der Waals surface area contributed by atoms with E-state index in [1.165, 1.54) is 32.1 Å². The zero-order chi connectivity index (χ0) is 31.6. The van der Waals surface area contributed by atoms with E-state index in [9.17, 15) is 0 Å². The van der Waals surface area contributed by atoms with Gasteiger partial charge in [-0.2, -0.15) is 0 Å². The van der Waals surface area contributed by atoms with Crippen molar-refractivity contribution in [2.75, 3.05) is 0 Å². The van der Waals surface area contributed by atoms with Crippen molar-refractivity contribution in [3.8, 4) is 0 Å². The minimum Gasteiger partial charge on any atom is -0.0841 e. The second-order valence-corrected chi connectivity index (χ2v) is 21.1. The molecule has 0 spiro atoms. The van der Waals surface area contributed by atoms with Crippen LogP contribution < -0.4 is 0 Å². The molecular formula is C46H74. The first-order chi connectivity index (χ1) is 22.2. The Bertz CT molecular complexity index is 1190. The van der Waals surface area contributed by atoms with E-state index in [0.717, 1.165) is 76.9 Å². The average molecular weight is 627 g/mol. The highest BCUT2D eigenvalue weighted by Gasteiger charge is 2.65. The lowest BCUT2D eigenvalue weighted by molar-refractivity contribution is -0.154. The van der Waals surface area contributed by atoms with Crippen LogP contribution in [0.15, 0.2) is 11.6 Å².